The van der Waals surface area contributed by atoms with Crippen LogP contribution in [0.3, 0.4) is 0 Å². The van der Waals surface area contributed by atoms with Crippen molar-refractivity contribution in [3.63, 3.8) is 0 Å². The van der Waals surface area contributed by atoms with Crippen LogP contribution in [0.4, 0.5) is 0 Å². The van der Waals surface area contributed by atoms with Gasteiger partial charge in [-0.2, -0.15) is 0 Å². The van der Waals surface area contributed by atoms with Crippen molar-refractivity contribution in [3.8, 4) is 12.3 Å². The van der Waals surface area contributed by atoms with Gasteiger partial charge in [-0.3, -0.25) is 5.32 Å². The van der Waals surface area contributed by atoms with E-state index in [0.29, 0.717) is 6.04 Å². The Hall–Kier alpha value is -2.04. The molecule has 2 aromatic carbocycles. The Bertz CT molecular complexity index is 537. The maximum absolute atomic E-state index is 5.63. The van der Waals surface area contributed by atoms with Gasteiger partial charge in [0.05, 0.1) is 5.54 Å². The second-order valence-corrected chi connectivity index (χ2v) is 5.99. The first kappa shape index (κ1) is 15.4. The van der Waals surface area contributed by atoms with Crippen LogP contribution in [0.25, 0.3) is 0 Å². The lowest BCUT2D eigenvalue weighted by Crippen LogP contribution is -2.47. The molecule has 1 N–H and O–H groups in total. The van der Waals surface area contributed by atoms with Crippen molar-refractivity contribution in [1.82, 2.24) is 5.32 Å². The second-order valence-electron chi connectivity index (χ2n) is 5.99. The monoisotopic (exact) mass is 277 g/mol. The van der Waals surface area contributed by atoms with Gasteiger partial charge in [0, 0.05) is 6.04 Å². The van der Waals surface area contributed by atoms with Gasteiger partial charge in [0.1, 0.15) is 0 Å². The largest absolute Gasteiger partial charge is 0.298 e. The summed E-state index contributed by atoms with van der Waals surface area (Å²) in [6, 6.07) is 21.4. The Balaban J connectivity index is 2.12. The van der Waals surface area contributed by atoms with E-state index in [9.17, 15) is 0 Å². The standard InChI is InChI=1S/C20H23N/c1-4-20(2,3)21-19(15-17-11-7-5-8-12-17)16-18-13-9-6-10-14-18/h1,5-14,19,21H,15-16H2,2-3H3. The van der Waals surface area contributed by atoms with Gasteiger partial charge in [-0.15, -0.1) is 6.42 Å². The van der Waals surface area contributed by atoms with E-state index in [1.54, 1.807) is 0 Å². The highest BCUT2D eigenvalue weighted by atomic mass is 15.0. The minimum absolute atomic E-state index is 0.297. The maximum atomic E-state index is 5.63. The number of rotatable bonds is 6. The summed E-state index contributed by atoms with van der Waals surface area (Å²) in [4.78, 5) is 0. The zero-order chi connectivity index (χ0) is 15.1. The van der Waals surface area contributed by atoms with Crippen LogP contribution >= 0.6 is 0 Å². The van der Waals surface area contributed by atoms with Gasteiger partial charge in [0.2, 0.25) is 0 Å². The number of nitrogens with one attached hydrogen (secondary N) is 1. The van der Waals surface area contributed by atoms with Crippen molar-refractivity contribution in [2.75, 3.05) is 0 Å². The summed E-state index contributed by atoms with van der Waals surface area (Å²) < 4.78 is 0. The van der Waals surface area contributed by atoms with Crippen LogP contribution in [0.15, 0.2) is 60.7 Å². The summed E-state index contributed by atoms with van der Waals surface area (Å²) in [5.41, 5.74) is 2.37. The molecule has 0 saturated carbocycles. The minimum atomic E-state index is -0.297. The van der Waals surface area contributed by atoms with E-state index in [1.165, 1.54) is 11.1 Å². The van der Waals surface area contributed by atoms with Crippen molar-refractivity contribution >= 4 is 0 Å². The average Bonchev–Trinajstić information content (AvgIpc) is 2.49. The molecular weight excluding hydrogens is 254 g/mol. The molecule has 0 aliphatic rings. The molecule has 0 amide bonds. The first-order valence-corrected chi connectivity index (χ1v) is 7.42. The molecule has 0 bridgehead atoms. The van der Waals surface area contributed by atoms with Gasteiger partial charge < -0.3 is 0 Å². The van der Waals surface area contributed by atoms with E-state index in [1.807, 2.05) is 0 Å². The molecule has 0 atom stereocenters. The predicted molar refractivity (Wildman–Crippen MR) is 90.1 cm³/mol. The maximum Gasteiger partial charge on any atom is 0.0743 e. The van der Waals surface area contributed by atoms with Crippen LogP contribution in [0.2, 0.25) is 0 Å². The molecule has 21 heavy (non-hydrogen) atoms. The molecule has 0 aromatic heterocycles. The fourth-order valence-corrected chi connectivity index (χ4v) is 2.52. The summed E-state index contributed by atoms with van der Waals surface area (Å²) in [6.07, 6.45) is 7.57. The lowest BCUT2D eigenvalue weighted by molar-refractivity contribution is 0.398. The van der Waals surface area contributed by atoms with Crippen LogP contribution in [-0.2, 0) is 12.8 Å². The first-order valence-electron chi connectivity index (χ1n) is 7.42. The van der Waals surface area contributed by atoms with E-state index in [4.69, 9.17) is 6.42 Å². The highest BCUT2D eigenvalue weighted by molar-refractivity contribution is 5.21. The van der Waals surface area contributed by atoms with Crippen LogP contribution in [-0.4, -0.2) is 11.6 Å². The molecule has 0 radical (unpaired) electrons. The molecular formula is C20H23N. The minimum Gasteiger partial charge on any atom is -0.298 e. The van der Waals surface area contributed by atoms with E-state index >= 15 is 0 Å². The summed E-state index contributed by atoms with van der Waals surface area (Å²) in [5.74, 6) is 2.83. The Morgan fingerprint density at radius 3 is 1.71 bits per heavy atom. The predicted octanol–water partition coefficient (Wildman–Crippen LogP) is 3.84. The Morgan fingerprint density at radius 1 is 0.905 bits per heavy atom. The molecule has 0 fully saturated rings. The third-order valence-electron chi connectivity index (χ3n) is 3.58. The molecule has 0 heterocycles. The quantitative estimate of drug-likeness (QED) is 0.791. The van der Waals surface area contributed by atoms with Crippen LogP contribution in [0, 0.1) is 12.3 Å². The van der Waals surface area contributed by atoms with Gasteiger partial charge >= 0.3 is 0 Å². The molecule has 1 heteroatoms. The molecule has 0 saturated heterocycles. The third kappa shape index (κ3) is 5.10. The molecule has 2 aromatic rings. The van der Waals surface area contributed by atoms with Crippen LogP contribution in [0.5, 0.6) is 0 Å². The third-order valence-corrected chi connectivity index (χ3v) is 3.58. The number of benzene rings is 2. The van der Waals surface area contributed by atoms with Crippen molar-refractivity contribution in [3.05, 3.63) is 71.8 Å². The topological polar surface area (TPSA) is 12.0 Å². The second kappa shape index (κ2) is 7.11. The highest BCUT2D eigenvalue weighted by Crippen LogP contribution is 2.12. The SMILES string of the molecule is C#CC(C)(C)NC(Cc1ccccc1)Cc1ccccc1. The number of hydrogen-bond acceptors (Lipinski definition) is 1. The van der Waals surface area contributed by atoms with E-state index < -0.39 is 0 Å². The van der Waals surface area contributed by atoms with Crippen molar-refractivity contribution in [2.45, 2.75) is 38.3 Å². The Kier molecular flexibility index (Phi) is 5.20. The summed E-state index contributed by atoms with van der Waals surface area (Å²) in [5, 5.41) is 3.60. The zero-order valence-electron chi connectivity index (χ0n) is 12.8. The summed E-state index contributed by atoms with van der Waals surface area (Å²) in [6.45, 7) is 4.10. The van der Waals surface area contributed by atoms with Gasteiger partial charge in [0.15, 0.2) is 0 Å². The molecule has 108 valence electrons. The summed E-state index contributed by atoms with van der Waals surface area (Å²) in [7, 11) is 0. The molecule has 0 aliphatic carbocycles. The fourth-order valence-electron chi connectivity index (χ4n) is 2.52. The van der Waals surface area contributed by atoms with E-state index in [-0.39, 0.29) is 5.54 Å². The van der Waals surface area contributed by atoms with E-state index in [2.05, 4.69) is 85.7 Å². The lowest BCUT2D eigenvalue weighted by Gasteiger charge is -2.28. The van der Waals surface area contributed by atoms with Gasteiger partial charge in [-0.25, -0.2) is 0 Å². The normalized spacial score (nSPS) is 11.3. The number of terminal acetylenes is 1. The zero-order valence-corrected chi connectivity index (χ0v) is 12.8. The smallest absolute Gasteiger partial charge is 0.0743 e. The van der Waals surface area contributed by atoms with E-state index in [0.717, 1.165) is 12.8 Å². The molecule has 0 aliphatic heterocycles. The fraction of sp³-hybridized carbons (Fsp3) is 0.300. The summed E-state index contributed by atoms with van der Waals surface area (Å²) >= 11 is 0. The lowest BCUT2D eigenvalue weighted by atomic mass is 9.95. The van der Waals surface area contributed by atoms with Crippen molar-refractivity contribution in [2.24, 2.45) is 0 Å². The van der Waals surface area contributed by atoms with Crippen LogP contribution < -0.4 is 5.32 Å². The van der Waals surface area contributed by atoms with Gasteiger partial charge in [-0.1, -0.05) is 66.6 Å². The van der Waals surface area contributed by atoms with Crippen molar-refractivity contribution < 1.29 is 0 Å². The molecule has 0 unspecified atom stereocenters. The first-order chi connectivity index (χ1) is 10.1. The van der Waals surface area contributed by atoms with Crippen LogP contribution in [0.1, 0.15) is 25.0 Å². The van der Waals surface area contributed by atoms with Gasteiger partial charge in [0.25, 0.3) is 0 Å². The molecule has 2 rings (SSSR count). The Labute approximate surface area is 128 Å². The Morgan fingerprint density at radius 2 is 1.33 bits per heavy atom. The molecule has 1 nitrogen and oxygen atoms in total. The van der Waals surface area contributed by atoms with Crippen molar-refractivity contribution in [1.29, 1.82) is 0 Å². The molecule has 0 spiro atoms. The highest BCUT2D eigenvalue weighted by Gasteiger charge is 2.20. The average molecular weight is 277 g/mol. The number of hydrogen-bond donors (Lipinski definition) is 1. The van der Waals surface area contributed by atoms with Gasteiger partial charge in [-0.05, 0) is 37.8 Å².